The number of methoxy groups -OCH3 is 1. The second-order valence-electron chi connectivity index (χ2n) is 11.3. The van der Waals surface area contributed by atoms with Crippen LogP contribution in [0, 0.1) is 0 Å². The summed E-state index contributed by atoms with van der Waals surface area (Å²) in [4.78, 5) is 34.7. The first-order valence-corrected chi connectivity index (χ1v) is 16.1. The smallest absolute Gasteiger partial charge is 0.407 e. The van der Waals surface area contributed by atoms with Crippen LogP contribution in [0.3, 0.4) is 0 Å². The number of carbonyl (C=O) groups is 2. The number of nitrogens with zero attached hydrogens (tertiary/aromatic N) is 1. The number of aryl methyl sites for hydroxylation is 1. The molecular formula is C36H36BrN5O4. The summed E-state index contributed by atoms with van der Waals surface area (Å²) in [5.41, 5.74) is 5.37. The van der Waals surface area contributed by atoms with E-state index in [0.29, 0.717) is 25.3 Å². The molecule has 2 amide bonds. The molecule has 1 saturated heterocycles. The molecule has 0 spiro atoms. The molecule has 2 heterocycles. The third-order valence-electron chi connectivity index (χ3n) is 8.29. The number of anilines is 1. The number of imidazole rings is 1. The summed E-state index contributed by atoms with van der Waals surface area (Å²) in [6, 6.07) is 32.2. The van der Waals surface area contributed by atoms with Crippen LogP contribution >= 0.6 is 15.9 Å². The average molecular weight is 683 g/mol. The van der Waals surface area contributed by atoms with E-state index in [4.69, 9.17) is 14.5 Å². The lowest BCUT2D eigenvalue weighted by molar-refractivity contribution is -0.118. The van der Waals surface area contributed by atoms with Gasteiger partial charge in [-0.25, -0.2) is 9.78 Å². The van der Waals surface area contributed by atoms with Gasteiger partial charge in [0, 0.05) is 22.6 Å². The van der Waals surface area contributed by atoms with Gasteiger partial charge in [-0.15, -0.1) is 0 Å². The number of nitrogens with one attached hydrogen (secondary N) is 4. The molecule has 0 saturated carbocycles. The van der Waals surface area contributed by atoms with E-state index in [1.165, 1.54) is 7.11 Å². The lowest BCUT2D eigenvalue weighted by atomic mass is 9.84. The Bertz CT molecular complexity index is 1730. The summed E-state index contributed by atoms with van der Waals surface area (Å²) >= 11 is 3.51. The Hall–Kier alpha value is -4.51. The Kier molecular flexibility index (Phi) is 10.1. The number of aromatic nitrogens is 2. The van der Waals surface area contributed by atoms with Gasteiger partial charge in [-0.1, -0.05) is 94.8 Å². The summed E-state index contributed by atoms with van der Waals surface area (Å²) in [6.07, 6.45) is 0.788. The standard InChI is InChI=1S/C36H36BrN5O4/c1-45-36(44)42-33(32(24-11-4-2-5-12-24)25-13-6-3-7-14-25)35(43)41-28-15-9-8-10-23(28)16-18-27-21-38-31(22-46-27)34-39-29-19-17-26(37)20-30(29)40-34/h2-15,17,19-20,27,31-33,38H,16,18,21-22H2,1H3,(H,39,40)(H,41,43)(H,42,44)/t27-,31+,33+/m1/s1. The number of fused-ring (bicyclic) bond motifs is 1. The minimum absolute atomic E-state index is 0.00723. The topological polar surface area (TPSA) is 117 Å². The fourth-order valence-corrected chi connectivity index (χ4v) is 6.28. The summed E-state index contributed by atoms with van der Waals surface area (Å²) in [5.74, 6) is 0.0717. The molecule has 9 nitrogen and oxygen atoms in total. The minimum atomic E-state index is -0.938. The van der Waals surface area contributed by atoms with Crippen LogP contribution in [0.1, 0.15) is 40.9 Å². The van der Waals surface area contributed by atoms with E-state index in [2.05, 4.69) is 36.9 Å². The highest BCUT2D eigenvalue weighted by molar-refractivity contribution is 9.10. The van der Waals surface area contributed by atoms with Crippen LogP contribution in [0.2, 0.25) is 0 Å². The van der Waals surface area contributed by atoms with Crippen molar-refractivity contribution in [3.8, 4) is 0 Å². The molecule has 0 bridgehead atoms. The highest BCUT2D eigenvalue weighted by Crippen LogP contribution is 2.30. The predicted octanol–water partition coefficient (Wildman–Crippen LogP) is 6.48. The molecule has 46 heavy (non-hydrogen) atoms. The third kappa shape index (κ3) is 7.47. The molecule has 0 unspecified atom stereocenters. The Labute approximate surface area is 276 Å². The number of amides is 2. The number of morpholine rings is 1. The van der Waals surface area contributed by atoms with E-state index in [9.17, 15) is 9.59 Å². The molecule has 0 radical (unpaired) electrons. The maximum absolute atomic E-state index is 14.0. The number of para-hydroxylation sites is 1. The first kappa shape index (κ1) is 31.5. The molecule has 236 valence electrons. The van der Waals surface area contributed by atoms with Gasteiger partial charge >= 0.3 is 6.09 Å². The van der Waals surface area contributed by atoms with Crippen molar-refractivity contribution < 1.29 is 19.1 Å². The van der Waals surface area contributed by atoms with E-state index in [0.717, 1.165) is 44.4 Å². The Morgan fingerprint density at radius 3 is 2.35 bits per heavy atom. The number of benzene rings is 4. The van der Waals surface area contributed by atoms with Crippen molar-refractivity contribution in [2.45, 2.75) is 36.9 Å². The highest BCUT2D eigenvalue weighted by atomic mass is 79.9. The van der Waals surface area contributed by atoms with Crippen LogP contribution in [0.4, 0.5) is 10.5 Å². The van der Waals surface area contributed by atoms with Crippen molar-refractivity contribution in [3.63, 3.8) is 0 Å². The molecule has 3 atom stereocenters. The maximum atomic E-state index is 14.0. The fraction of sp³-hybridized carbons (Fsp3) is 0.250. The number of carbonyl (C=O) groups excluding carboxylic acids is 2. The second kappa shape index (κ2) is 14.7. The summed E-state index contributed by atoms with van der Waals surface area (Å²) in [6.45, 7) is 1.19. The van der Waals surface area contributed by atoms with Crippen molar-refractivity contribution in [2.75, 3.05) is 25.6 Å². The Balaban J connectivity index is 1.14. The average Bonchev–Trinajstić information content (AvgIpc) is 3.52. The van der Waals surface area contributed by atoms with Gasteiger partial charge in [-0.05, 0) is 53.8 Å². The normalized spacial score (nSPS) is 17.0. The van der Waals surface area contributed by atoms with Gasteiger partial charge in [0.2, 0.25) is 5.91 Å². The van der Waals surface area contributed by atoms with Crippen LogP contribution in [0.5, 0.6) is 0 Å². The molecule has 5 aromatic rings. The van der Waals surface area contributed by atoms with Gasteiger partial charge in [0.25, 0.3) is 0 Å². The number of alkyl carbamates (subject to hydrolysis) is 1. The third-order valence-corrected chi connectivity index (χ3v) is 8.78. The maximum Gasteiger partial charge on any atom is 0.407 e. The summed E-state index contributed by atoms with van der Waals surface area (Å²) in [5, 5.41) is 9.49. The van der Waals surface area contributed by atoms with E-state index in [-0.39, 0.29) is 18.1 Å². The quantitative estimate of drug-likeness (QED) is 0.134. The lowest BCUT2D eigenvalue weighted by Crippen LogP contribution is -2.48. The van der Waals surface area contributed by atoms with E-state index < -0.39 is 18.1 Å². The van der Waals surface area contributed by atoms with Crippen molar-refractivity contribution in [3.05, 3.63) is 130 Å². The summed E-state index contributed by atoms with van der Waals surface area (Å²) < 4.78 is 12.2. The van der Waals surface area contributed by atoms with Crippen LogP contribution in [0.15, 0.2) is 108 Å². The predicted molar refractivity (Wildman–Crippen MR) is 182 cm³/mol. The van der Waals surface area contributed by atoms with Gasteiger partial charge in [0.05, 0.1) is 36.9 Å². The zero-order chi connectivity index (χ0) is 31.9. The first-order valence-electron chi connectivity index (χ1n) is 15.3. The molecule has 1 fully saturated rings. The monoisotopic (exact) mass is 681 g/mol. The van der Waals surface area contributed by atoms with Gasteiger partial charge in [-0.3, -0.25) is 4.79 Å². The molecule has 6 rings (SSSR count). The number of H-pyrrole nitrogens is 1. The van der Waals surface area contributed by atoms with Crippen molar-refractivity contribution >= 4 is 44.7 Å². The van der Waals surface area contributed by atoms with Gasteiger partial charge in [0.15, 0.2) is 0 Å². The van der Waals surface area contributed by atoms with E-state index in [1.54, 1.807) is 0 Å². The molecule has 1 aromatic heterocycles. The van der Waals surface area contributed by atoms with Crippen molar-refractivity contribution in [2.24, 2.45) is 0 Å². The van der Waals surface area contributed by atoms with Gasteiger partial charge in [-0.2, -0.15) is 0 Å². The number of rotatable bonds is 10. The van der Waals surface area contributed by atoms with E-state index in [1.807, 2.05) is 103 Å². The highest BCUT2D eigenvalue weighted by Gasteiger charge is 2.33. The van der Waals surface area contributed by atoms with Crippen LogP contribution < -0.4 is 16.0 Å². The Morgan fingerprint density at radius 2 is 1.67 bits per heavy atom. The van der Waals surface area contributed by atoms with E-state index >= 15 is 0 Å². The molecule has 10 heteroatoms. The molecule has 4 aromatic carbocycles. The fourth-order valence-electron chi connectivity index (χ4n) is 5.92. The number of aromatic amines is 1. The van der Waals surface area contributed by atoms with Crippen LogP contribution in [0.25, 0.3) is 11.0 Å². The SMILES string of the molecule is COC(=O)N[C@H](C(=O)Nc1ccccc1CC[C@@H]1CN[C@H](c2nc3ccc(Br)cc3[nH]2)CO1)C(c1ccccc1)c1ccccc1. The molecular weight excluding hydrogens is 646 g/mol. The second-order valence-corrected chi connectivity index (χ2v) is 12.2. The molecule has 1 aliphatic heterocycles. The van der Waals surface area contributed by atoms with Gasteiger partial charge < -0.3 is 30.4 Å². The number of ether oxygens (including phenoxy) is 2. The zero-order valence-electron chi connectivity index (χ0n) is 25.4. The van der Waals surface area contributed by atoms with Crippen molar-refractivity contribution in [1.29, 1.82) is 0 Å². The lowest BCUT2D eigenvalue weighted by Gasteiger charge is -2.30. The molecule has 1 aliphatic rings. The number of halogens is 1. The molecule has 4 N–H and O–H groups in total. The summed E-state index contributed by atoms with van der Waals surface area (Å²) in [7, 11) is 1.29. The van der Waals surface area contributed by atoms with Crippen LogP contribution in [-0.2, 0) is 20.7 Å². The largest absolute Gasteiger partial charge is 0.453 e. The first-order chi connectivity index (χ1) is 22.5. The van der Waals surface area contributed by atoms with Crippen molar-refractivity contribution in [1.82, 2.24) is 20.6 Å². The van der Waals surface area contributed by atoms with Crippen LogP contribution in [-0.4, -0.2) is 54.4 Å². The molecule has 0 aliphatic carbocycles. The number of hydrogen-bond acceptors (Lipinski definition) is 6. The van der Waals surface area contributed by atoms with Gasteiger partial charge in [0.1, 0.15) is 11.9 Å². The zero-order valence-corrected chi connectivity index (χ0v) is 27.0. The number of hydrogen-bond donors (Lipinski definition) is 4. The Morgan fingerprint density at radius 1 is 0.978 bits per heavy atom. The minimum Gasteiger partial charge on any atom is -0.453 e.